The van der Waals surface area contributed by atoms with Crippen LogP contribution >= 0.6 is 11.6 Å². The van der Waals surface area contributed by atoms with E-state index in [-0.39, 0.29) is 0 Å². The molecule has 0 amide bonds. The van der Waals surface area contributed by atoms with E-state index in [1.807, 2.05) is 14.0 Å². The van der Waals surface area contributed by atoms with E-state index in [1.165, 1.54) is 0 Å². The van der Waals surface area contributed by atoms with Crippen molar-refractivity contribution in [3.63, 3.8) is 0 Å². The number of hydrogen-bond acceptors (Lipinski definition) is 1. The molecule has 49 valence electrons. The lowest BCUT2D eigenvalue weighted by molar-refractivity contribution is 0.716. The van der Waals surface area contributed by atoms with Crippen molar-refractivity contribution in [1.29, 1.82) is 0 Å². The van der Waals surface area contributed by atoms with E-state index in [0.29, 0.717) is 5.02 Å². The highest BCUT2D eigenvalue weighted by Crippen LogP contribution is 2.12. The molecule has 9 heavy (non-hydrogen) atoms. The Morgan fingerprint density at radius 1 is 1.78 bits per heavy atom. The summed E-state index contributed by atoms with van der Waals surface area (Å²) in [4.78, 5) is 0. The van der Waals surface area contributed by atoms with Gasteiger partial charge in [-0.05, 0) is 6.42 Å². The fourth-order valence-electron chi connectivity index (χ4n) is 0.770. The Morgan fingerprint density at radius 3 is 2.67 bits per heavy atom. The summed E-state index contributed by atoms with van der Waals surface area (Å²) in [6.45, 7) is 2.04. The minimum Gasteiger partial charge on any atom is -0.270 e. The van der Waals surface area contributed by atoms with E-state index in [0.717, 1.165) is 12.1 Å². The summed E-state index contributed by atoms with van der Waals surface area (Å²) in [5, 5.41) is 4.49. The number of hydrogen-bond donors (Lipinski definition) is 0. The van der Waals surface area contributed by atoms with Crippen molar-refractivity contribution in [2.24, 2.45) is 7.05 Å². The Morgan fingerprint density at radius 2 is 2.44 bits per heavy atom. The summed E-state index contributed by atoms with van der Waals surface area (Å²) in [6, 6.07) is 0. The summed E-state index contributed by atoms with van der Waals surface area (Å²) in [5.41, 5.74) is 1.04. The van der Waals surface area contributed by atoms with Crippen LogP contribution in [0.4, 0.5) is 0 Å². The molecule has 0 saturated heterocycles. The molecule has 1 aromatic heterocycles. The highest BCUT2D eigenvalue weighted by atomic mass is 35.5. The van der Waals surface area contributed by atoms with Crippen LogP contribution in [0.5, 0.6) is 0 Å². The SMILES string of the molecule is CCc1c(Cl)[c]nn1C. The van der Waals surface area contributed by atoms with Crippen LogP contribution in [0.25, 0.3) is 0 Å². The summed E-state index contributed by atoms with van der Waals surface area (Å²) < 4.78 is 1.74. The lowest BCUT2D eigenvalue weighted by atomic mass is 10.3. The lowest BCUT2D eigenvalue weighted by Crippen LogP contribution is -1.95. The predicted octanol–water partition coefficient (Wildman–Crippen LogP) is 1.44. The number of aryl methyl sites for hydroxylation is 1. The van der Waals surface area contributed by atoms with Gasteiger partial charge in [0.15, 0.2) is 0 Å². The second-order valence-electron chi connectivity index (χ2n) is 1.85. The standard InChI is InChI=1S/C6H8ClN2/c1-3-6-5(7)4-8-9(6)2/h3H2,1-2H3. The van der Waals surface area contributed by atoms with E-state index in [1.54, 1.807) is 4.68 Å². The van der Waals surface area contributed by atoms with Gasteiger partial charge in [-0.15, -0.1) is 0 Å². The highest BCUT2D eigenvalue weighted by Gasteiger charge is 2.01. The fraction of sp³-hybridized carbons (Fsp3) is 0.500. The summed E-state index contributed by atoms with van der Waals surface area (Å²) in [5.74, 6) is 0. The van der Waals surface area contributed by atoms with E-state index in [2.05, 4.69) is 11.3 Å². The maximum atomic E-state index is 5.71. The average molecular weight is 144 g/mol. The molecule has 0 aliphatic rings. The molecule has 0 N–H and O–H groups in total. The van der Waals surface area contributed by atoms with E-state index in [9.17, 15) is 0 Å². The van der Waals surface area contributed by atoms with Gasteiger partial charge in [-0.25, -0.2) is 0 Å². The number of rotatable bonds is 1. The summed E-state index contributed by atoms with van der Waals surface area (Å²) >= 11 is 5.71. The van der Waals surface area contributed by atoms with Crippen molar-refractivity contribution in [3.8, 4) is 0 Å². The molecule has 1 heterocycles. The van der Waals surface area contributed by atoms with Gasteiger partial charge >= 0.3 is 0 Å². The first-order chi connectivity index (χ1) is 4.25. The Labute approximate surface area is 59.4 Å². The Bertz CT molecular complexity index is 185. The zero-order valence-electron chi connectivity index (χ0n) is 5.48. The van der Waals surface area contributed by atoms with E-state index >= 15 is 0 Å². The monoisotopic (exact) mass is 143 g/mol. The van der Waals surface area contributed by atoms with E-state index in [4.69, 9.17) is 11.6 Å². The van der Waals surface area contributed by atoms with Gasteiger partial charge in [-0.2, -0.15) is 5.10 Å². The van der Waals surface area contributed by atoms with E-state index < -0.39 is 0 Å². The minimum atomic E-state index is 0.639. The van der Waals surface area contributed by atoms with Gasteiger partial charge in [0.25, 0.3) is 0 Å². The van der Waals surface area contributed by atoms with Crippen LogP contribution < -0.4 is 0 Å². The highest BCUT2D eigenvalue weighted by molar-refractivity contribution is 6.31. The molecule has 0 unspecified atom stereocenters. The third-order valence-corrected chi connectivity index (χ3v) is 1.58. The smallest absolute Gasteiger partial charge is 0.133 e. The second-order valence-corrected chi connectivity index (χ2v) is 2.23. The molecule has 0 aliphatic heterocycles. The molecular formula is C6H8ClN2. The van der Waals surface area contributed by atoms with Crippen LogP contribution in [-0.2, 0) is 13.5 Å². The molecule has 0 fully saturated rings. The first kappa shape index (κ1) is 6.62. The Hall–Kier alpha value is -0.500. The first-order valence-corrected chi connectivity index (χ1v) is 3.22. The van der Waals surface area contributed by atoms with Crippen LogP contribution in [0.3, 0.4) is 0 Å². The van der Waals surface area contributed by atoms with Gasteiger partial charge in [0.2, 0.25) is 0 Å². The van der Waals surface area contributed by atoms with Crippen LogP contribution in [0.1, 0.15) is 12.6 Å². The van der Waals surface area contributed by atoms with Crippen molar-refractivity contribution in [3.05, 3.63) is 16.9 Å². The van der Waals surface area contributed by atoms with Crippen LogP contribution in [0.15, 0.2) is 0 Å². The van der Waals surface area contributed by atoms with Crippen LogP contribution in [0, 0.1) is 6.20 Å². The molecule has 1 aromatic rings. The van der Waals surface area contributed by atoms with Gasteiger partial charge in [0.1, 0.15) is 6.20 Å². The van der Waals surface area contributed by atoms with Crippen molar-refractivity contribution >= 4 is 11.6 Å². The maximum Gasteiger partial charge on any atom is 0.133 e. The molecule has 0 atom stereocenters. The molecule has 0 saturated carbocycles. The molecule has 2 nitrogen and oxygen atoms in total. The van der Waals surface area contributed by atoms with Gasteiger partial charge in [0.05, 0.1) is 10.7 Å². The third-order valence-electron chi connectivity index (χ3n) is 1.28. The second kappa shape index (κ2) is 2.40. The minimum absolute atomic E-state index is 0.639. The third kappa shape index (κ3) is 1.08. The average Bonchev–Trinajstić information content (AvgIpc) is 2.12. The molecule has 0 bridgehead atoms. The van der Waals surface area contributed by atoms with Gasteiger partial charge < -0.3 is 0 Å². The zero-order chi connectivity index (χ0) is 6.85. The predicted molar refractivity (Wildman–Crippen MR) is 36.4 cm³/mol. The number of halogens is 1. The van der Waals surface area contributed by atoms with Crippen LogP contribution in [-0.4, -0.2) is 9.78 Å². The van der Waals surface area contributed by atoms with Crippen molar-refractivity contribution in [2.45, 2.75) is 13.3 Å². The van der Waals surface area contributed by atoms with Crippen molar-refractivity contribution in [1.82, 2.24) is 9.78 Å². The molecule has 0 aromatic carbocycles. The van der Waals surface area contributed by atoms with Crippen molar-refractivity contribution in [2.75, 3.05) is 0 Å². The first-order valence-electron chi connectivity index (χ1n) is 2.84. The molecular weight excluding hydrogens is 136 g/mol. The zero-order valence-corrected chi connectivity index (χ0v) is 6.24. The Kier molecular flexibility index (Phi) is 1.76. The normalized spacial score (nSPS) is 10.1. The van der Waals surface area contributed by atoms with Gasteiger partial charge in [0, 0.05) is 7.05 Å². The fourth-order valence-corrected chi connectivity index (χ4v) is 1.06. The number of nitrogens with zero attached hydrogens (tertiary/aromatic N) is 2. The summed E-state index contributed by atoms with van der Waals surface area (Å²) in [6.07, 6.45) is 3.57. The maximum absolute atomic E-state index is 5.71. The molecule has 1 rings (SSSR count). The van der Waals surface area contributed by atoms with Gasteiger partial charge in [-0.1, -0.05) is 18.5 Å². The molecule has 0 spiro atoms. The topological polar surface area (TPSA) is 17.8 Å². The summed E-state index contributed by atoms with van der Waals surface area (Å²) in [7, 11) is 1.86. The molecule has 0 aliphatic carbocycles. The Balaban J connectivity index is 3.07. The quantitative estimate of drug-likeness (QED) is 0.582. The van der Waals surface area contributed by atoms with Gasteiger partial charge in [-0.3, -0.25) is 4.68 Å². The molecule has 1 radical (unpaired) electrons. The largest absolute Gasteiger partial charge is 0.270 e. The molecule has 3 heteroatoms. The number of aromatic nitrogens is 2. The van der Waals surface area contributed by atoms with Crippen molar-refractivity contribution < 1.29 is 0 Å². The van der Waals surface area contributed by atoms with Crippen LogP contribution in [0.2, 0.25) is 5.02 Å². The lowest BCUT2D eigenvalue weighted by Gasteiger charge is -1.94.